The van der Waals surface area contributed by atoms with Gasteiger partial charge in [0.05, 0.1) is 11.7 Å². The van der Waals surface area contributed by atoms with Crippen molar-refractivity contribution in [1.29, 1.82) is 0 Å². The van der Waals surface area contributed by atoms with Crippen LogP contribution in [0.1, 0.15) is 34.3 Å². The van der Waals surface area contributed by atoms with Crippen LogP contribution in [0, 0.1) is 0 Å². The van der Waals surface area contributed by atoms with Crippen LogP contribution in [0.5, 0.6) is 5.75 Å². The summed E-state index contributed by atoms with van der Waals surface area (Å²) in [6, 6.07) is 9.74. The number of nitrogens with one attached hydrogen (secondary N) is 1. The Bertz CT molecular complexity index is 840. The summed E-state index contributed by atoms with van der Waals surface area (Å²) in [5.41, 5.74) is 5.19. The average Bonchev–Trinajstić information content (AvgIpc) is 3.19. The number of alkyl halides is 3. The highest BCUT2D eigenvalue weighted by Gasteiger charge is 2.31. The molecule has 9 heteroatoms. The van der Waals surface area contributed by atoms with Gasteiger partial charge >= 0.3 is 6.18 Å². The number of hydrogen-bond acceptors (Lipinski definition) is 4. The normalized spacial score (nSPS) is 16.2. The number of ether oxygens (including phenoxy) is 2. The summed E-state index contributed by atoms with van der Waals surface area (Å²) in [4.78, 5) is 12.5. The Kier molecular flexibility index (Phi) is 7.89. The zero-order valence-corrected chi connectivity index (χ0v) is 16.3. The first-order valence-corrected chi connectivity index (χ1v) is 8.92. The quantitative estimate of drug-likeness (QED) is 0.712. The highest BCUT2D eigenvalue weighted by atomic mass is 35.5. The Labute approximate surface area is 172 Å². The number of halogens is 4. The van der Waals surface area contributed by atoms with Gasteiger partial charge in [-0.25, -0.2) is 0 Å². The highest BCUT2D eigenvalue weighted by molar-refractivity contribution is 6.04. The molecule has 29 heavy (non-hydrogen) atoms. The van der Waals surface area contributed by atoms with Gasteiger partial charge < -0.3 is 20.5 Å². The zero-order valence-electron chi connectivity index (χ0n) is 15.5. The predicted molar refractivity (Wildman–Crippen MR) is 105 cm³/mol. The van der Waals surface area contributed by atoms with E-state index in [1.165, 1.54) is 6.07 Å². The van der Waals surface area contributed by atoms with Crippen molar-refractivity contribution in [1.82, 2.24) is 0 Å². The fourth-order valence-electron chi connectivity index (χ4n) is 2.94. The van der Waals surface area contributed by atoms with E-state index in [4.69, 9.17) is 15.2 Å². The molecular formula is C20H22ClF3N2O3. The van der Waals surface area contributed by atoms with Crippen LogP contribution >= 0.6 is 12.4 Å². The summed E-state index contributed by atoms with van der Waals surface area (Å²) >= 11 is 0. The Hall–Kier alpha value is -2.29. The molecule has 0 aliphatic carbocycles. The molecule has 158 valence electrons. The van der Waals surface area contributed by atoms with Gasteiger partial charge in [-0.05, 0) is 54.8 Å². The molecule has 3 rings (SSSR count). The Morgan fingerprint density at radius 2 is 2.03 bits per heavy atom. The number of anilines is 1. The van der Waals surface area contributed by atoms with Gasteiger partial charge in [0, 0.05) is 24.4 Å². The molecule has 1 aliphatic heterocycles. The molecule has 2 aromatic rings. The van der Waals surface area contributed by atoms with E-state index in [0.717, 1.165) is 31.6 Å². The summed E-state index contributed by atoms with van der Waals surface area (Å²) in [7, 11) is 0. The molecule has 0 radical (unpaired) electrons. The van der Waals surface area contributed by atoms with E-state index < -0.39 is 17.6 Å². The minimum absolute atomic E-state index is 0. The summed E-state index contributed by atoms with van der Waals surface area (Å²) in [6.07, 6.45) is -2.56. The van der Waals surface area contributed by atoms with Crippen LogP contribution in [0.3, 0.4) is 0 Å². The summed E-state index contributed by atoms with van der Waals surface area (Å²) < 4.78 is 50.2. The minimum Gasteiger partial charge on any atom is -0.491 e. The molecule has 3 N–H and O–H groups in total. The molecule has 1 fully saturated rings. The van der Waals surface area contributed by atoms with Crippen molar-refractivity contribution in [2.45, 2.75) is 31.7 Å². The molecule has 1 unspecified atom stereocenters. The molecule has 0 aromatic heterocycles. The number of carbonyl (C=O) groups is 1. The van der Waals surface area contributed by atoms with Crippen LogP contribution in [-0.4, -0.2) is 25.2 Å². The maximum atomic E-state index is 13.0. The Morgan fingerprint density at radius 3 is 2.69 bits per heavy atom. The van der Waals surface area contributed by atoms with Crippen molar-refractivity contribution in [3.05, 3.63) is 59.2 Å². The summed E-state index contributed by atoms with van der Waals surface area (Å²) in [6.45, 7) is 1.04. The first-order chi connectivity index (χ1) is 13.3. The fourth-order valence-corrected chi connectivity index (χ4v) is 2.94. The third-order valence-corrected chi connectivity index (χ3v) is 4.37. The van der Waals surface area contributed by atoms with Crippen molar-refractivity contribution >= 4 is 24.0 Å². The molecule has 1 aliphatic rings. The largest absolute Gasteiger partial charge is 0.491 e. The predicted octanol–water partition coefficient (Wildman–Crippen LogP) is 4.40. The lowest BCUT2D eigenvalue weighted by Crippen LogP contribution is -2.17. The number of hydrogen-bond donors (Lipinski definition) is 2. The third-order valence-electron chi connectivity index (χ3n) is 4.37. The molecule has 0 saturated carbocycles. The number of rotatable bonds is 6. The number of nitrogens with two attached hydrogens (primary N) is 1. The molecule has 2 aromatic carbocycles. The van der Waals surface area contributed by atoms with Gasteiger partial charge in [-0.1, -0.05) is 6.07 Å². The first-order valence-electron chi connectivity index (χ1n) is 8.92. The van der Waals surface area contributed by atoms with Gasteiger partial charge in [-0.3, -0.25) is 4.79 Å². The van der Waals surface area contributed by atoms with Crippen molar-refractivity contribution in [3.8, 4) is 5.75 Å². The van der Waals surface area contributed by atoms with Crippen LogP contribution in [-0.2, 0) is 17.5 Å². The summed E-state index contributed by atoms with van der Waals surface area (Å²) in [5.74, 6) is -0.0419. The zero-order chi connectivity index (χ0) is 20.1. The molecule has 1 amide bonds. The number of carbonyl (C=O) groups excluding carboxylic acids is 1. The fraction of sp³-hybridized carbons (Fsp3) is 0.350. The van der Waals surface area contributed by atoms with E-state index in [0.29, 0.717) is 12.4 Å². The van der Waals surface area contributed by atoms with E-state index in [1.807, 2.05) is 0 Å². The molecule has 1 atom stereocenters. The smallest absolute Gasteiger partial charge is 0.416 e. The van der Waals surface area contributed by atoms with Crippen molar-refractivity contribution < 1.29 is 27.4 Å². The number of amides is 1. The molecular weight excluding hydrogens is 409 g/mol. The lowest BCUT2D eigenvalue weighted by atomic mass is 10.1. The van der Waals surface area contributed by atoms with Gasteiger partial charge in [0.1, 0.15) is 12.4 Å². The van der Waals surface area contributed by atoms with E-state index in [9.17, 15) is 18.0 Å². The topological polar surface area (TPSA) is 73.6 Å². The van der Waals surface area contributed by atoms with Gasteiger partial charge in [-0.2, -0.15) is 13.2 Å². The van der Waals surface area contributed by atoms with E-state index in [1.54, 1.807) is 24.3 Å². The molecule has 0 bridgehead atoms. The van der Waals surface area contributed by atoms with Crippen LogP contribution in [0.4, 0.5) is 18.9 Å². The van der Waals surface area contributed by atoms with Gasteiger partial charge in [-0.15, -0.1) is 12.4 Å². The van der Waals surface area contributed by atoms with Crippen molar-refractivity contribution in [3.63, 3.8) is 0 Å². The SMILES string of the molecule is Cl.NCc1cc(NC(=O)c2cccc(OCC3CCCO3)c2)cc(C(F)(F)F)c1. The van der Waals surface area contributed by atoms with Crippen LogP contribution < -0.4 is 15.8 Å². The van der Waals surface area contributed by atoms with Crippen molar-refractivity contribution in [2.24, 2.45) is 5.73 Å². The first kappa shape index (κ1) is 23.0. The lowest BCUT2D eigenvalue weighted by molar-refractivity contribution is -0.137. The van der Waals surface area contributed by atoms with Crippen LogP contribution in [0.2, 0.25) is 0 Å². The molecule has 5 nitrogen and oxygen atoms in total. The van der Waals surface area contributed by atoms with E-state index in [-0.39, 0.29) is 41.9 Å². The second kappa shape index (κ2) is 9.96. The van der Waals surface area contributed by atoms with Crippen LogP contribution in [0.15, 0.2) is 42.5 Å². The molecule has 0 spiro atoms. The number of benzene rings is 2. The highest BCUT2D eigenvalue weighted by Crippen LogP contribution is 2.32. The van der Waals surface area contributed by atoms with Gasteiger partial charge in [0.25, 0.3) is 5.91 Å². The standard InChI is InChI=1S/C20H21F3N2O3.ClH/c21-20(22,23)15-7-13(11-24)8-16(10-15)25-19(26)14-3-1-4-17(9-14)28-12-18-5-2-6-27-18;/h1,3-4,7-10,18H,2,5-6,11-12,24H2,(H,25,26);1H. The Morgan fingerprint density at radius 1 is 1.24 bits per heavy atom. The van der Waals surface area contributed by atoms with E-state index >= 15 is 0 Å². The van der Waals surface area contributed by atoms with Crippen molar-refractivity contribution in [2.75, 3.05) is 18.5 Å². The third kappa shape index (κ3) is 6.35. The van der Waals surface area contributed by atoms with Gasteiger partial charge in [0.2, 0.25) is 0 Å². The molecule has 1 saturated heterocycles. The van der Waals surface area contributed by atoms with Crippen LogP contribution in [0.25, 0.3) is 0 Å². The van der Waals surface area contributed by atoms with E-state index in [2.05, 4.69) is 5.32 Å². The maximum Gasteiger partial charge on any atom is 0.416 e. The Balaban J connectivity index is 0.00000300. The molecule has 1 heterocycles. The average molecular weight is 431 g/mol. The second-order valence-corrected chi connectivity index (χ2v) is 6.55. The summed E-state index contributed by atoms with van der Waals surface area (Å²) in [5, 5.41) is 2.50. The minimum atomic E-state index is -4.53. The maximum absolute atomic E-state index is 13.0. The monoisotopic (exact) mass is 430 g/mol. The van der Waals surface area contributed by atoms with Gasteiger partial charge in [0.15, 0.2) is 0 Å². The lowest BCUT2D eigenvalue weighted by Gasteiger charge is -2.14. The second-order valence-electron chi connectivity index (χ2n) is 6.55.